The Hall–Kier alpha value is -3.54. The van der Waals surface area contributed by atoms with Gasteiger partial charge in [0, 0.05) is 38.1 Å². The summed E-state index contributed by atoms with van der Waals surface area (Å²) in [7, 11) is 0. The Bertz CT molecular complexity index is 1850. The highest BCUT2D eigenvalue weighted by molar-refractivity contribution is 8.00. The molecule has 0 fully saturated rings. The van der Waals surface area contributed by atoms with E-state index in [0.717, 1.165) is 29.7 Å². The molecule has 2 heterocycles. The monoisotopic (exact) mass is 539 g/mol. The fraction of sp³-hybridized carbons (Fsp3) is 0.289. The zero-order valence-corrected chi connectivity index (χ0v) is 25.5. The quantitative estimate of drug-likeness (QED) is 0.164. The molecule has 1 aliphatic rings. The molecular weight excluding hydrogens is 502 g/mol. The average Bonchev–Trinajstić information content (AvgIpc) is 2.87. The van der Waals surface area contributed by atoms with Crippen molar-refractivity contribution in [2.75, 3.05) is 0 Å². The SMILES string of the molecule is C#Cc1cc2c(c(CC(C)(C)C)c1-c1ccccc1C)Sc1cc3cc(CC(C)(C)C)ccc3c3ccnc-2c13. The largest absolute Gasteiger partial charge is 0.256 e. The number of terminal acetylenes is 1. The molecule has 5 aromatic rings. The van der Waals surface area contributed by atoms with E-state index in [2.05, 4.69) is 115 Å². The highest BCUT2D eigenvalue weighted by atomic mass is 32.2. The normalized spacial score (nSPS) is 12.9. The lowest BCUT2D eigenvalue weighted by molar-refractivity contribution is 0.409. The second kappa shape index (κ2) is 9.53. The van der Waals surface area contributed by atoms with Crippen LogP contribution in [0.15, 0.2) is 76.7 Å². The van der Waals surface area contributed by atoms with Crippen molar-refractivity contribution in [2.45, 2.75) is 71.1 Å². The van der Waals surface area contributed by atoms with Crippen molar-refractivity contribution < 1.29 is 0 Å². The lowest BCUT2D eigenvalue weighted by Gasteiger charge is -2.29. The van der Waals surface area contributed by atoms with E-state index >= 15 is 0 Å². The van der Waals surface area contributed by atoms with E-state index < -0.39 is 0 Å². The molecule has 0 N–H and O–H groups in total. The Morgan fingerprint density at radius 3 is 2.27 bits per heavy atom. The van der Waals surface area contributed by atoms with E-state index in [4.69, 9.17) is 11.4 Å². The molecule has 0 atom stereocenters. The van der Waals surface area contributed by atoms with Crippen LogP contribution in [0.25, 0.3) is 43.9 Å². The van der Waals surface area contributed by atoms with Gasteiger partial charge in [-0.25, -0.2) is 0 Å². The minimum atomic E-state index is 0.0872. The van der Waals surface area contributed by atoms with Crippen LogP contribution >= 0.6 is 11.8 Å². The average molecular weight is 540 g/mol. The number of pyridine rings is 1. The van der Waals surface area contributed by atoms with Crippen LogP contribution in [0.3, 0.4) is 0 Å². The van der Waals surface area contributed by atoms with E-state index in [-0.39, 0.29) is 10.8 Å². The van der Waals surface area contributed by atoms with Gasteiger partial charge in [-0.1, -0.05) is 102 Å². The molecule has 6 rings (SSSR count). The second-order valence-electron chi connectivity index (χ2n) is 13.7. The summed E-state index contributed by atoms with van der Waals surface area (Å²) in [5, 5.41) is 5.09. The van der Waals surface area contributed by atoms with Gasteiger partial charge >= 0.3 is 0 Å². The third-order valence-electron chi connectivity index (χ3n) is 7.75. The van der Waals surface area contributed by atoms with E-state index in [9.17, 15) is 0 Å². The lowest BCUT2D eigenvalue weighted by atomic mass is 9.81. The first-order valence-electron chi connectivity index (χ1n) is 14.2. The Morgan fingerprint density at radius 2 is 1.57 bits per heavy atom. The number of fused-ring (bicyclic) bond motifs is 4. The fourth-order valence-corrected chi connectivity index (χ4v) is 7.51. The number of benzene rings is 4. The molecular formula is C38H37NS. The Kier molecular flexibility index (Phi) is 6.36. The maximum Gasteiger partial charge on any atom is 0.0803 e. The van der Waals surface area contributed by atoms with Gasteiger partial charge in [0.25, 0.3) is 0 Å². The van der Waals surface area contributed by atoms with Crippen molar-refractivity contribution in [1.29, 1.82) is 0 Å². The van der Waals surface area contributed by atoms with E-state index in [1.807, 2.05) is 18.0 Å². The van der Waals surface area contributed by atoms with Crippen LogP contribution in [-0.2, 0) is 12.8 Å². The maximum absolute atomic E-state index is 6.25. The molecule has 0 spiro atoms. The second-order valence-corrected chi connectivity index (χ2v) is 14.8. The zero-order chi connectivity index (χ0) is 28.4. The molecule has 2 heteroatoms. The summed E-state index contributed by atoms with van der Waals surface area (Å²) in [6.07, 6.45) is 10.2. The Balaban J connectivity index is 1.67. The Morgan fingerprint density at radius 1 is 0.825 bits per heavy atom. The van der Waals surface area contributed by atoms with Crippen molar-refractivity contribution in [3.05, 3.63) is 89.1 Å². The number of hydrogen-bond donors (Lipinski definition) is 0. The van der Waals surface area contributed by atoms with Crippen LogP contribution in [0.4, 0.5) is 0 Å². The van der Waals surface area contributed by atoms with E-state index in [0.29, 0.717) is 0 Å². The van der Waals surface area contributed by atoms with Crippen LogP contribution in [-0.4, -0.2) is 4.98 Å². The van der Waals surface area contributed by atoms with Gasteiger partial charge in [-0.15, -0.1) is 6.42 Å². The van der Waals surface area contributed by atoms with Gasteiger partial charge in [0.1, 0.15) is 0 Å². The smallest absolute Gasteiger partial charge is 0.0803 e. The summed E-state index contributed by atoms with van der Waals surface area (Å²) in [5.41, 5.74) is 9.87. The molecule has 40 heavy (non-hydrogen) atoms. The molecule has 0 saturated carbocycles. The van der Waals surface area contributed by atoms with Crippen LogP contribution in [0.1, 0.15) is 63.8 Å². The molecule has 0 saturated heterocycles. The zero-order valence-electron chi connectivity index (χ0n) is 24.7. The van der Waals surface area contributed by atoms with Crippen molar-refractivity contribution in [1.82, 2.24) is 4.98 Å². The van der Waals surface area contributed by atoms with Gasteiger partial charge in [-0.05, 0) is 87.2 Å². The first-order chi connectivity index (χ1) is 18.9. The molecule has 0 radical (unpaired) electrons. The van der Waals surface area contributed by atoms with E-state index in [1.54, 1.807) is 0 Å². The van der Waals surface area contributed by atoms with Gasteiger partial charge in [0.2, 0.25) is 0 Å². The molecule has 0 unspecified atom stereocenters. The first-order valence-corrected chi connectivity index (χ1v) is 15.0. The summed E-state index contributed by atoms with van der Waals surface area (Å²) < 4.78 is 0. The summed E-state index contributed by atoms with van der Waals surface area (Å²) >= 11 is 1.90. The van der Waals surface area contributed by atoms with Crippen molar-refractivity contribution in [3.63, 3.8) is 0 Å². The number of aromatic nitrogens is 1. The van der Waals surface area contributed by atoms with Crippen molar-refractivity contribution in [2.24, 2.45) is 10.8 Å². The van der Waals surface area contributed by atoms with Crippen LogP contribution in [0, 0.1) is 30.1 Å². The van der Waals surface area contributed by atoms with E-state index in [1.165, 1.54) is 59.2 Å². The highest BCUT2D eigenvalue weighted by Crippen LogP contribution is 2.53. The topological polar surface area (TPSA) is 12.9 Å². The van der Waals surface area contributed by atoms with Crippen molar-refractivity contribution >= 4 is 33.3 Å². The fourth-order valence-electron chi connectivity index (χ4n) is 6.23. The third-order valence-corrected chi connectivity index (χ3v) is 8.96. The van der Waals surface area contributed by atoms with Gasteiger partial charge in [0.15, 0.2) is 0 Å². The standard InChI is InChI=1S/C38H37NS/c1-9-25-19-30-35-34-29(16-17-39-35)28-15-14-24(21-37(3,4)5)18-26(28)20-32(34)40-36(30)31(22-38(6,7)8)33(25)27-13-11-10-12-23(27)2/h1,10-20H,21-22H2,2-8H3. The van der Waals surface area contributed by atoms with Gasteiger partial charge in [0.05, 0.1) is 5.69 Å². The van der Waals surface area contributed by atoms with Crippen molar-refractivity contribution in [3.8, 4) is 34.7 Å². The molecule has 4 aromatic carbocycles. The predicted molar refractivity (Wildman–Crippen MR) is 173 cm³/mol. The summed E-state index contributed by atoms with van der Waals surface area (Å²) in [4.78, 5) is 7.58. The number of aryl methyl sites for hydroxylation is 1. The third kappa shape index (κ3) is 4.71. The van der Waals surface area contributed by atoms with Crippen LogP contribution in [0.2, 0.25) is 0 Å². The van der Waals surface area contributed by atoms with Crippen LogP contribution < -0.4 is 0 Å². The highest BCUT2D eigenvalue weighted by Gasteiger charge is 2.30. The minimum Gasteiger partial charge on any atom is -0.256 e. The molecule has 200 valence electrons. The summed E-state index contributed by atoms with van der Waals surface area (Å²) in [6, 6.07) is 22.4. The molecule has 0 aliphatic carbocycles. The lowest BCUT2D eigenvalue weighted by Crippen LogP contribution is -2.13. The Labute approximate surface area is 243 Å². The minimum absolute atomic E-state index is 0.0872. The number of nitrogens with zero attached hydrogens (tertiary/aromatic N) is 1. The predicted octanol–water partition coefficient (Wildman–Crippen LogP) is 10.7. The van der Waals surface area contributed by atoms with Gasteiger partial charge in [-0.3, -0.25) is 4.98 Å². The molecule has 1 aromatic heterocycles. The summed E-state index contributed by atoms with van der Waals surface area (Å²) in [6.45, 7) is 16.0. The van der Waals surface area contributed by atoms with Crippen LogP contribution in [0.5, 0.6) is 0 Å². The molecule has 1 nitrogen and oxygen atoms in total. The number of rotatable bonds is 3. The molecule has 1 aliphatic heterocycles. The first kappa shape index (κ1) is 26.7. The molecule has 0 amide bonds. The summed E-state index contributed by atoms with van der Waals surface area (Å²) in [5.74, 6) is 3.07. The maximum atomic E-state index is 6.25. The molecule has 0 bridgehead atoms. The number of hydrogen-bond acceptors (Lipinski definition) is 2. The van der Waals surface area contributed by atoms with Gasteiger partial charge in [-0.2, -0.15) is 0 Å². The van der Waals surface area contributed by atoms with Gasteiger partial charge < -0.3 is 0 Å².